The Kier molecular flexibility index (Phi) is 5.98. The quantitative estimate of drug-likeness (QED) is 0.358. The van der Waals surface area contributed by atoms with E-state index in [1.54, 1.807) is 60.7 Å². The lowest BCUT2D eigenvalue weighted by Gasteiger charge is -2.09. The molecule has 7 heteroatoms. The van der Waals surface area contributed by atoms with Crippen molar-refractivity contribution in [2.75, 3.05) is 11.1 Å². The maximum Gasteiger partial charge on any atom is 0.255 e. The summed E-state index contributed by atoms with van der Waals surface area (Å²) in [6.45, 7) is 0.310. The van der Waals surface area contributed by atoms with Crippen molar-refractivity contribution < 1.29 is 14.4 Å². The van der Waals surface area contributed by atoms with Gasteiger partial charge in [0.2, 0.25) is 5.91 Å². The van der Waals surface area contributed by atoms with Crippen LogP contribution in [0.2, 0.25) is 0 Å². The van der Waals surface area contributed by atoms with E-state index in [9.17, 15) is 14.4 Å². The highest BCUT2D eigenvalue weighted by Gasteiger charge is 2.25. The second-order valence-corrected chi connectivity index (χ2v) is 7.35. The topological polar surface area (TPSA) is 113 Å². The Morgan fingerprint density at radius 3 is 2.47 bits per heavy atom. The summed E-state index contributed by atoms with van der Waals surface area (Å²) in [7, 11) is 0. The van der Waals surface area contributed by atoms with Crippen molar-refractivity contribution in [2.24, 2.45) is 0 Å². The number of nitrogens with one attached hydrogen (secondary N) is 3. The number of hydrogen-bond donors (Lipinski definition) is 4. The van der Waals surface area contributed by atoms with Gasteiger partial charge in [-0.15, -0.1) is 0 Å². The normalized spacial score (nSPS) is 14.6. The minimum Gasteiger partial charge on any atom is -0.397 e. The standard InChI is InChI=1S/C25H22N4O3/c26-20-7-3-4-8-22(20)29-24(31)17-11-9-16(10-12-17)15-27-23(30)14-13-21-18-5-1-2-6-19(18)25(32)28-21/h1-14,21H,15,26H2,(H,27,30)(H,28,32)(H,29,31). The van der Waals surface area contributed by atoms with E-state index in [0.29, 0.717) is 29.0 Å². The van der Waals surface area contributed by atoms with E-state index in [-0.39, 0.29) is 23.8 Å². The number of para-hydroxylation sites is 2. The van der Waals surface area contributed by atoms with Crippen LogP contribution in [0, 0.1) is 0 Å². The molecule has 0 spiro atoms. The first-order chi connectivity index (χ1) is 15.5. The van der Waals surface area contributed by atoms with Crippen LogP contribution in [0.25, 0.3) is 0 Å². The van der Waals surface area contributed by atoms with Crippen LogP contribution in [-0.4, -0.2) is 17.7 Å². The molecule has 0 saturated heterocycles. The van der Waals surface area contributed by atoms with Gasteiger partial charge in [0.1, 0.15) is 0 Å². The van der Waals surface area contributed by atoms with Crippen molar-refractivity contribution in [3.8, 4) is 0 Å². The van der Waals surface area contributed by atoms with Gasteiger partial charge in [0.25, 0.3) is 11.8 Å². The summed E-state index contributed by atoms with van der Waals surface area (Å²) < 4.78 is 0. The zero-order chi connectivity index (χ0) is 22.5. The van der Waals surface area contributed by atoms with Crippen LogP contribution in [-0.2, 0) is 11.3 Å². The van der Waals surface area contributed by atoms with Crippen LogP contribution < -0.4 is 21.7 Å². The molecular weight excluding hydrogens is 404 g/mol. The molecule has 160 valence electrons. The molecule has 1 aliphatic heterocycles. The van der Waals surface area contributed by atoms with E-state index in [2.05, 4.69) is 16.0 Å². The molecule has 1 atom stereocenters. The number of nitrogens with two attached hydrogens (primary N) is 1. The van der Waals surface area contributed by atoms with Crippen LogP contribution in [0.5, 0.6) is 0 Å². The number of rotatable bonds is 6. The molecule has 3 aromatic rings. The fourth-order valence-electron chi connectivity index (χ4n) is 3.43. The predicted octanol–water partition coefficient (Wildman–Crippen LogP) is 3.18. The average Bonchev–Trinajstić information content (AvgIpc) is 3.14. The lowest BCUT2D eigenvalue weighted by molar-refractivity contribution is -0.116. The SMILES string of the molecule is Nc1ccccc1NC(=O)c1ccc(CNC(=O)C=CC2NC(=O)c3ccccc32)cc1. The molecule has 5 N–H and O–H groups in total. The van der Waals surface area contributed by atoms with Crippen molar-refractivity contribution in [2.45, 2.75) is 12.6 Å². The number of benzene rings is 3. The van der Waals surface area contributed by atoms with Crippen LogP contribution in [0.1, 0.15) is 37.9 Å². The van der Waals surface area contributed by atoms with E-state index < -0.39 is 0 Å². The Balaban J connectivity index is 1.30. The average molecular weight is 426 g/mol. The first-order valence-corrected chi connectivity index (χ1v) is 10.1. The lowest BCUT2D eigenvalue weighted by atomic mass is 10.0. The van der Waals surface area contributed by atoms with Crippen molar-refractivity contribution in [1.82, 2.24) is 10.6 Å². The smallest absolute Gasteiger partial charge is 0.255 e. The van der Waals surface area contributed by atoms with Crippen LogP contribution >= 0.6 is 0 Å². The fraction of sp³-hybridized carbons (Fsp3) is 0.0800. The van der Waals surface area contributed by atoms with E-state index in [1.165, 1.54) is 6.08 Å². The summed E-state index contributed by atoms with van der Waals surface area (Å²) in [4.78, 5) is 36.5. The monoisotopic (exact) mass is 426 g/mol. The van der Waals surface area contributed by atoms with Gasteiger partial charge < -0.3 is 21.7 Å². The summed E-state index contributed by atoms with van der Waals surface area (Å²) in [6, 6.07) is 21.0. The number of anilines is 2. The number of hydrogen-bond acceptors (Lipinski definition) is 4. The molecule has 7 nitrogen and oxygen atoms in total. The molecule has 0 radical (unpaired) electrons. The Hall–Kier alpha value is -4.39. The highest BCUT2D eigenvalue weighted by atomic mass is 16.2. The largest absolute Gasteiger partial charge is 0.397 e. The first kappa shape index (κ1) is 20.9. The molecule has 32 heavy (non-hydrogen) atoms. The molecule has 4 rings (SSSR count). The van der Waals surface area contributed by atoms with Crippen LogP contribution in [0.3, 0.4) is 0 Å². The van der Waals surface area contributed by atoms with Gasteiger partial charge >= 0.3 is 0 Å². The third kappa shape index (κ3) is 4.67. The molecular formula is C25H22N4O3. The summed E-state index contributed by atoms with van der Waals surface area (Å²) in [5.74, 6) is -0.681. The summed E-state index contributed by atoms with van der Waals surface area (Å²) in [5.41, 5.74) is 9.72. The van der Waals surface area contributed by atoms with E-state index in [0.717, 1.165) is 11.1 Å². The van der Waals surface area contributed by atoms with Crippen molar-refractivity contribution in [1.29, 1.82) is 0 Å². The minimum absolute atomic E-state index is 0.144. The maximum absolute atomic E-state index is 12.4. The van der Waals surface area contributed by atoms with Gasteiger partial charge in [0, 0.05) is 23.7 Å². The summed E-state index contributed by atoms with van der Waals surface area (Å²) in [6.07, 6.45) is 3.08. The molecule has 0 fully saturated rings. The molecule has 0 bridgehead atoms. The van der Waals surface area contributed by atoms with Gasteiger partial charge in [-0.05, 0) is 41.5 Å². The highest BCUT2D eigenvalue weighted by molar-refractivity contribution is 6.05. The minimum atomic E-state index is -0.319. The zero-order valence-electron chi connectivity index (χ0n) is 17.2. The summed E-state index contributed by atoms with van der Waals surface area (Å²) in [5, 5.41) is 8.41. The Morgan fingerprint density at radius 1 is 0.969 bits per heavy atom. The number of amides is 3. The molecule has 1 aliphatic rings. The van der Waals surface area contributed by atoms with Crippen molar-refractivity contribution in [3.05, 3.63) is 107 Å². The van der Waals surface area contributed by atoms with Crippen LogP contribution in [0.15, 0.2) is 84.9 Å². The molecule has 3 aromatic carbocycles. The highest BCUT2D eigenvalue weighted by Crippen LogP contribution is 2.25. The van der Waals surface area contributed by atoms with E-state index >= 15 is 0 Å². The van der Waals surface area contributed by atoms with Gasteiger partial charge in [-0.2, -0.15) is 0 Å². The van der Waals surface area contributed by atoms with Crippen molar-refractivity contribution >= 4 is 29.1 Å². The third-order valence-electron chi connectivity index (χ3n) is 5.16. The maximum atomic E-state index is 12.4. The summed E-state index contributed by atoms with van der Waals surface area (Å²) >= 11 is 0. The Labute approximate surface area is 185 Å². The second-order valence-electron chi connectivity index (χ2n) is 7.35. The molecule has 0 saturated carbocycles. The third-order valence-corrected chi connectivity index (χ3v) is 5.16. The molecule has 1 unspecified atom stereocenters. The Bertz CT molecular complexity index is 1200. The van der Waals surface area contributed by atoms with Gasteiger partial charge in [-0.3, -0.25) is 14.4 Å². The van der Waals surface area contributed by atoms with Gasteiger partial charge in [0.15, 0.2) is 0 Å². The first-order valence-electron chi connectivity index (χ1n) is 10.1. The zero-order valence-corrected chi connectivity index (χ0v) is 17.2. The van der Waals surface area contributed by atoms with Gasteiger partial charge in [0.05, 0.1) is 17.4 Å². The number of carbonyl (C=O) groups is 3. The van der Waals surface area contributed by atoms with E-state index in [4.69, 9.17) is 5.73 Å². The second kappa shape index (κ2) is 9.18. The molecule has 0 aromatic heterocycles. The molecule has 0 aliphatic carbocycles. The lowest BCUT2D eigenvalue weighted by Crippen LogP contribution is -2.22. The van der Waals surface area contributed by atoms with Crippen molar-refractivity contribution in [3.63, 3.8) is 0 Å². The van der Waals surface area contributed by atoms with Crippen LogP contribution in [0.4, 0.5) is 11.4 Å². The number of carbonyl (C=O) groups excluding carboxylic acids is 3. The van der Waals surface area contributed by atoms with Gasteiger partial charge in [-0.25, -0.2) is 0 Å². The Morgan fingerprint density at radius 2 is 1.69 bits per heavy atom. The van der Waals surface area contributed by atoms with E-state index in [1.807, 2.05) is 18.2 Å². The number of nitrogen functional groups attached to an aromatic ring is 1. The fourth-order valence-corrected chi connectivity index (χ4v) is 3.43. The van der Waals surface area contributed by atoms with Gasteiger partial charge in [-0.1, -0.05) is 48.5 Å². The molecule has 3 amide bonds. The molecule has 1 heterocycles. The number of fused-ring (bicyclic) bond motifs is 1. The predicted molar refractivity (Wildman–Crippen MR) is 123 cm³/mol.